The first-order valence-electron chi connectivity index (χ1n) is 8.85. The summed E-state index contributed by atoms with van der Waals surface area (Å²) in [7, 11) is 0. The number of imidazole rings is 1. The summed E-state index contributed by atoms with van der Waals surface area (Å²) >= 11 is 1.14. The lowest BCUT2D eigenvalue weighted by molar-refractivity contribution is -0.122. The molecule has 3 heterocycles. The van der Waals surface area contributed by atoms with Crippen LogP contribution in [0.3, 0.4) is 0 Å². The lowest BCUT2D eigenvalue weighted by Crippen LogP contribution is -2.36. The number of nitrogens with two attached hydrogens (primary N) is 1. The fraction of sp³-hybridized carbons (Fsp3) is 0.500. The van der Waals surface area contributed by atoms with Gasteiger partial charge in [0.25, 0.3) is 5.56 Å². The molecule has 2 aromatic rings. The second-order valence-corrected chi connectivity index (χ2v) is 7.54. The largest absolute Gasteiger partial charge is 0.394 e. The molecule has 1 unspecified atom stereocenters. The second kappa shape index (κ2) is 9.37. The van der Waals surface area contributed by atoms with E-state index in [1.165, 1.54) is 23.3 Å². The molecular weight excluding hydrogens is 404 g/mol. The third-order valence-electron chi connectivity index (χ3n) is 4.43. The maximum atomic E-state index is 12.1. The molecule has 0 aromatic carbocycles. The van der Waals surface area contributed by atoms with Crippen molar-refractivity contribution in [2.24, 2.45) is 5.73 Å². The topological polar surface area (TPSA) is 188 Å². The summed E-state index contributed by atoms with van der Waals surface area (Å²) in [5, 5.41) is 21.7. The Bertz CT molecular complexity index is 944. The molecule has 3 rings (SSSR count). The van der Waals surface area contributed by atoms with Crippen molar-refractivity contribution in [1.82, 2.24) is 24.8 Å². The van der Waals surface area contributed by atoms with Gasteiger partial charge in [-0.2, -0.15) is 0 Å². The van der Waals surface area contributed by atoms with Gasteiger partial charge in [-0.25, -0.2) is 9.78 Å². The Kier molecular flexibility index (Phi) is 6.87. The first-order valence-corrected chi connectivity index (χ1v) is 9.83. The molecule has 1 saturated heterocycles. The summed E-state index contributed by atoms with van der Waals surface area (Å²) in [6, 6.07) is -0.877. The predicted octanol–water partition coefficient (Wildman–Crippen LogP) is -2.19. The Morgan fingerprint density at radius 3 is 2.97 bits per heavy atom. The van der Waals surface area contributed by atoms with Crippen molar-refractivity contribution in [3.8, 4) is 0 Å². The number of nitrogens with zero attached hydrogens (tertiary/aromatic N) is 2. The van der Waals surface area contributed by atoms with Gasteiger partial charge in [0.2, 0.25) is 5.91 Å². The van der Waals surface area contributed by atoms with Crippen molar-refractivity contribution in [2.75, 3.05) is 18.9 Å². The van der Waals surface area contributed by atoms with Gasteiger partial charge in [-0.05, 0) is 0 Å². The van der Waals surface area contributed by atoms with E-state index in [4.69, 9.17) is 10.5 Å². The first-order chi connectivity index (χ1) is 13.9. The minimum Gasteiger partial charge on any atom is -0.394 e. The van der Waals surface area contributed by atoms with Gasteiger partial charge in [0.15, 0.2) is 0 Å². The third-order valence-corrected chi connectivity index (χ3v) is 5.44. The minimum atomic E-state index is -0.908. The van der Waals surface area contributed by atoms with E-state index in [-0.39, 0.29) is 24.5 Å². The van der Waals surface area contributed by atoms with Crippen molar-refractivity contribution in [3.63, 3.8) is 0 Å². The zero-order valence-electron chi connectivity index (χ0n) is 15.3. The van der Waals surface area contributed by atoms with Gasteiger partial charge in [-0.1, -0.05) is 0 Å². The Labute approximate surface area is 168 Å². The Morgan fingerprint density at radius 1 is 1.52 bits per heavy atom. The van der Waals surface area contributed by atoms with Gasteiger partial charge in [-0.15, -0.1) is 11.8 Å². The summed E-state index contributed by atoms with van der Waals surface area (Å²) < 4.78 is 6.63. The van der Waals surface area contributed by atoms with Crippen LogP contribution in [0, 0.1) is 0 Å². The summed E-state index contributed by atoms with van der Waals surface area (Å²) in [6.45, 7) is -0.132. The molecule has 158 valence electrons. The molecule has 4 atom stereocenters. The number of carbonyl (C=O) groups is 1. The molecule has 1 fully saturated rings. The van der Waals surface area contributed by atoms with Crippen molar-refractivity contribution < 1.29 is 19.7 Å². The number of aromatic nitrogens is 4. The molecule has 7 N–H and O–H groups in total. The average molecular weight is 426 g/mol. The fourth-order valence-electron chi connectivity index (χ4n) is 2.86. The Balaban J connectivity index is 1.58. The van der Waals surface area contributed by atoms with Gasteiger partial charge >= 0.3 is 5.69 Å². The van der Waals surface area contributed by atoms with E-state index < -0.39 is 41.6 Å². The second-order valence-electron chi connectivity index (χ2n) is 6.40. The van der Waals surface area contributed by atoms with E-state index in [1.54, 1.807) is 0 Å². The van der Waals surface area contributed by atoms with Crippen LogP contribution >= 0.6 is 11.8 Å². The summed E-state index contributed by atoms with van der Waals surface area (Å²) in [5.41, 5.74) is 5.06. The van der Waals surface area contributed by atoms with Crippen LogP contribution in [0.2, 0.25) is 0 Å². The molecule has 0 saturated carbocycles. The van der Waals surface area contributed by atoms with Crippen LogP contribution in [0.25, 0.3) is 0 Å². The molecule has 1 aliphatic rings. The normalized spacial score (nSPS) is 22.5. The summed E-state index contributed by atoms with van der Waals surface area (Å²) in [5.74, 6) is -0.0343. The molecule has 0 radical (unpaired) electrons. The molecule has 29 heavy (non-hydrogen) atoms. The van der Waals surface area contributed by atoms with Gasteiger partial charge < -0.3 is 31.0 Å². The number of aliphatic hydroxyl groups excluding tert-OH is 2. The van der Waals surface area contributed by atoms with Crippen LogP contribution < -0.4 is 22.3 Å². The quantitative estimate of drug-likeness (QED) is 0.201. The van der Waals surface area contributed by atoms with E-state index in [9.17, 15) is 24.6 Å². The fourth-order valence-corrected chi connectivity index (χ4v) is 3.65. The lowest BCUT2D eigenvalue weighted by atomic mass is 10.2. The van der Waals surface area contributed by atoms with Crippen molar-refractivity contribution in [1.29, 1.82) is 0 Å². The SMILES string of the molecule is NC(C(=O)NCCSc1cn([C@H]2C[C@H](O)[C@@H](CO)O2)c(=O)[nH]c1=O)c1cnc[nH]1. The number of hydrogen-bond acceptors (Lipinski definition) is 9. The average Bonchev–Trinajstić information content (AvgIpc) is 3.35. The number of carbonyl (C=O) groups excluding carboxylic acids is 1. The molecule has 0 bridgehead atoms. The van der Waals surface area contributed by atoms with Crippen molar-refractivity contribution >= 4 is 17.7 Å². The Morgan fingerprint density at radius 2 is 2.31 bits per heavy atom. The van der Waals surface area contributed by atoms with Gasteiger partial charge in [0.1, 0.15) is 18.4 Å². The van der Waals surface area contributed by atoms with E-state index >= 15 is 0 Å². The monoisotopic (exact) mass is 426 g/mol. The van der Waals surface area contributed by atoms with E-state index in [2.05, 4.69) is 20.3 Å². The number of amides is 1. The highest BCUT2D eigenvalue weighted by Crippen LogP contribution is 2.27. The summed E-state index contributed by atoms with van der Waals surface area (Å²) in [6.07, 6.45) is 1.86. The molecule has 0 aliphatic carbocycles. The number of thioether (sulfide) groups is 1. The van der Waals surface area contributed by atoms with Crippen LogP contribution in [-0.4, -0.2) is 66.8 Å². The standard InChI is InChI=1S/C16H22N6O6S/c17-13(8-4-18-7-20-8)15(26)19-1-2-29-11-5-22(16(27)21-14(11)25)12-3-9(24)10(6-23)28-12/h4-5,7,9-10,12-13,23-24H,1-3,6,17H2,(H,18,20)(H,19,26)(H,21,25,27)/t9-,10+,12+,13?/m0/s1. The number of rotatable bonds is 8. The maximum absolute atomic E-state index is 12.1. The van der Waals surface area contributed by atoms with Crippen molar-refractivity contribution in [3.05, 3.63) is 45.3 Å². The molecule has 12 nitrogen and oxygen atoms in total. The van der Waals surface area contributed by atoms with Crippen LogP contribution in [0.5, 0.6) is 0 Å². The molecule has 2 aromatic heterocycles. The highest BCUT2D eigenvalue weighted by molar-refractivity contribution is 7.99. The Hall–Kier alpha value is -2.45. The number of aromatic amines is 2. The van der Waals surface area contributed by atoms with Crippen LogP contribution in [-0.2, 0) is 9.53 Å². The van der Waals surface area contributed by atoms with Gasteiger partial charge in [0.05, 0.1) is 35.8 Å². The zero-order chi connectivity index (χ0) is 21.0. The van der Waals surface area contributed by atoms with Crippen LogP contribution in [0.4, 0.5) is 0 Å². The molecule has 1 amide bonds. The highest BCUT2D eigenvalue weighted by Gasteiger charge is 2.35. The number of nitrogens with one attached hydrogen (secondary N) is 3. The zero-order valence-corrected chi connectivity index (χ0v) is 16.1. The summed E-state index contributed by atoms with van der Waals surface area (Å²) in [4.78, 5) is 45.2. The number of H-pyrrole nitrogens is 2. The van der Waals surface area contributed by atoms with Crippen molar-refractivity contribution in [2.45, 2.75) is 35.8 Å². The van der Waals surface area contributed by atoms with E-state index in [1.807, 2.05) is 0 Å². The smallest absolute Gasteiger partial charge is 0.330 e. The number of ether oxygens (including phenoxy) is 1. The molecule has 1 aliphatic heterocycles. The molecule has 0 spiro atoms. The van der Waals surface area contributed by atoms with Gasteiger partial charge in [-0.3, -0.25) is 19.1 Å². The predicted molar refractivity (Wildman–Crippen MR) is 102 cm³/mol. The number of hydrogen-bond donors (Lipinski definition) is 6. The molecule has 13 heteroatoms. The van der Waals surface area contributed by atoms with Gasteiger partial charge in [0, 0.05) is 24.9 Å². The van der Waals surface area contributed by atoms with Crippen LogP contribution in [0.15, 0.2) is 33.2 Å². The third kappa shape index (κ3) is 4.94. The highest BCUT2D eigenvalue weighted by atomic mass is 32.2. The number of aliphatic hydroxyl groups is 2. The van der Waals surface area contributed by atoms with E-state index in [0.29, 0.717) is 11.4 Å². The first kappa shape index (κ1) is 21.3. The lowest BCUT2D eigenvalue weighted by Gasteiger charge is -2.15. The van der Waals surface area contributed by atoms with E-state index in [0.717, 1.165) is 11.8 Å². The maximum Gasteiger partial charge on any atom is 0.330 e. The minimum absolute atomic E-state index is 0.114. The molecular formula is C16H22N6O6S. The van der Waals surface area contributed by atoms with Crippen LogP contribution in [0.1, 0.15) is 24.4 Å².